The predicted molar refractivity (Wildman–Crippen MR) is 79.3 cm³/mol. The number of aliphatic hydroxyl groups is 1. The van der Waals surface area contributed by atoms with E-state index in [-0.39, 0.29) is 19.1 Å². The van der Waals surface area contributed by atoms with Gasteiger partial charge >= 0.3 is 0 Å². The third kappa shape index (κ3) is 4.08. The van der Waals surface area contributed by atoms with Crippen LogP contribution in [0.15, 0.2) is 41.8 Å². The first-order chi connectivity index (χ1) is 9.66. The molecule has 0 bridgehead atoms. The van der Waals surface area contributed by atoms with Crippen molar-refractivity contribution in [3.63, 3.8) is 0 Å². The molecule has 1 aromatic carbocycles. The van der Waals surface area contributed by atoms with Gasteiger partial charge in [0, 0.05) is 6.54 Å². The van der Waals surface area contributed by atoms with Crippen molar-refractivity contribution in [1.29, 1.82) is 0 Å². The standard InChI is InChI=1S/C15H17NO3S/c1-11-5-2-3-6-13(11)19-10-12(17)9-16-15(18)14-7-4-8-20-14/h2-8,12,17H,9-10H2,1H3,(H,16,18). The number of aryl methyl sites for hydroxylation is 1. The normalized spacial score (nSPS) is 11.9. The molecule has 0 aliphatic rings. The zero-order valence-corrected chi connectivity index (χ0v) is 12.0. The quantitative estimate of drug-likeness (QED) is 0.858. The number of rotatable bonds is 6. The van der Waals surface area contributed by atoms with Gasteiger partial charge in [-0.3, -0.25) is 4.79 Å². The number of hydrogen-bond donors (Lipinski definition) is 2. The van der Waals surface area contributed by atoms with E-state index in [1.54, 1.807) is 6.07 Å². The van der Waals surface area contributed by atoms with Crippen molar-refractivity contribution in [1.82, 2.24) is 5.32 Å². The molecule has 106 valence electrons. The van der Waals surface area contributed by atoms with Crippen LogP contribution in [0.2, 0.25) is 0 Å². The second-order valence-corrected chi connectivity index (χ2v) is 5.37. The molecule has 1 aromatic heterocycles. The van der Waals surface area contributed by atoms with Crippen LogP contribution in [0.4, 0.5) is 0 Å². The van der Waals surface area contributed by atoms with Gasteiger partial charge in [0.05, 0.1) is 4.88 Å². The molecular weight excluding hydrogens is 274 g/mol. The Morgan fingerprint density at radius 3 is 2.85 bits per heavy atom. The van der Waals surface area contributed by atoms with Crippen molar-refractivity contribution in [3.05, 3.63) is 52.2 Å². The van der Waals surface area contributed by atoms with Crippen molar-refractivity contribution < 1.29 is 14.6 Å². The number of thiophene rings is 1. The summed E-state index contributed by atoms with van der Waals surface area (Å²) in [6.07, 6.45) is -0.737. The number of para-hydroxylation sites is 1. The van der Waals surface area contributed by atoms with Crippen molar-refractivity contribution in [2.75, 3.05) is 13.2 Å². The molecule has 2 aromatic rings. The largest absolute Gasteiger partial charge is 0.491 e. The fraction of sp³-hybridized carbons (Fsp3) is 0.267. The molecule has 0 aliphatic carbocycles. The van der Waals surface area contributed by atoms with Crippen LogP contribution >= 0.6 is 11.3 Å². The van der Waals surface area contributed by atoms with E-state index in [9.17, 15) is 9.90 Å². The first-order valence-corrected chi connectivity index (χ1v) is 7.23. The van der Waals surface area contributed by atoms with Crippen molar-refractivity contribution >= 4 is 17.2 Å². The number of hydrogen-bond acceptors (Lipinski definition) is 4. The van der Waals surface area contributed by atoms with Gasteiger partial charge in [-0.2, -0.15) is 0 Å². The lowest BCUT2D eigenvalue weighted by atomic mass is 10.2. The molecule has 1 atom stereocenters. The van der Waals surface area contributed by atoms with E-state index in [1.165, 1.54) is 11.3 Å². The van der Waals surface area contributed by atoms with Gasteiger partial charge < -0.3 is 15.2 Å². The van der Waals surface area contributed by atoms with Gasteiger partial charge in [0.25, 0.3) is 5.91 Å². The molecule has 1 unspecified atom stereocenters. The summed E-state index contributed by atoms with van der Waals surface area (Å²) < 4.78 is 5.52. The van der Waals surface area contributed by atoms with Crippen molar-refractivity contribution in [3.8, 4) is 5.75 Å². The maximum atomic E-state index is 11.7. The van der Waals surface area contributed by atoms with E-state index >= 15 is 0 Å². The highest BCUT2D eigenvalue weighted by Crippen LogP contribution is 2.16. The summed E-state index contributed by atoms with van der Waals surface area (Å²) in [5.41, 5.74) is 1.02. The lowest BCUT2D eigenvalue weighted by Crippen LogP contribution is -2.35. The number of ether oxygens (including phenoxy) is 1. The third-order valence-electron chi connectivity index (χ3n) is 2.77. The van der Waals surface area contributed by atoms with Gasteiger partial charge in [0.2, 0.25) is 0 Å². The number of benzene rings is 1. The van der Waals surface area contributed by atoms with Crippen molar-refractivity contribution in [2.24, 2.45) is 0 Å². The van der Waals surface area contributed by atoms with E-state index in [1.807, 2.05) is 42.6 Å². The molecule has 0 saturated carbocycles. The smallest absolute Gasteiger partial charge is 0.261 e. The average molecular weight is 291 g/mol. The average Bonchev–Trinajstić information content (AvgIpc) is 2.98. The molecule has 0 aliphatic heterocycles. The Hall–Kier alpha value is -1.85. The first kappa shape index (κ1) is 14.6. The van der Waals surface area contributed by atoms with Crippen molar-refractivity contribution in [2.45, 2.75) is 13.0 Å². The third-order valence-corrected chi connectivity index (χ3v) is 3.64. The SMILES string of the molecule is Cc1ccccc1OCC(O)CNC(=O)c1cccs1. The van der Waals surface area contributed by atoms with Crippen LogP contribution in [0.3, 0.4) is 0 Å². The molecule has 0 spiro atoms. The van der Waals surface area contributed by atoms with Crippen LogP contribution in [0.1, 0.15) is 15.2 Å². The van der Waals surface area contributed by atoms with Gasteiger partial charge in [0.15, 0.2) is 0 Å². The highest BCUT2D eigenvalue weighted by molar-refractivity contribution is 7.12. The molecule has 0 radical (unpaired) electrons. The summed E-state index contributed by atoms with van der Waals surface area (Å²) in [6, 6.07) is 11.2. The fourth-order valence-electron chi connectivity index (χ4n) is 1.67. The number of amides is 1. The summed E-state index contributed by atoms with van der Waals surface area (Å²) in [5.74, 6) is 0.575. The molecule has 20 heavy (non-hydrogen) atoms. The number of nitrogens with one attached hydrogen (secondary N) is 1. The van der Waals surface area contributed by atoms with Crippen LogP contribution in [0.5, 0.6) is 5.75 Å². The summed E-state index contributed by atoms with van der Waals surface area (Å²) in [4.78, 5) is 12.3. The second-order valence-electron chi connectivity index (χ2n) is 4.42. The van der Waals surface area contributed by atoms with Crippen LogP contribution in [0.25, 0.3) is 0 Å². The van der Waals surface area contributed by atoms with Crippen LogP contribution in [-0.4, -0.2) is 30.3 Å². The lowest BCUT2D eigenvalue weighted by Gasteiger charge is -2.14. The second kappa shape index (κ2) is 7.07. The monoisotopic (exact) mass is 291 g/mol. The molecule has 1 amide bonds. The predicted octanol–water partition coefficient (Wildman–Crippen LogP) is 2.23. The molecule has 5 heteroatoms. The minimum Gasteiger partial charge on any atom is -0.491 e. The zero-order chi connectivity index (χ0) is 14.4. The van der Waals surface area contributed by atoms with E-state index in [0.29, 0.717) is 4.88 Å². The molecule has 1 heterocycles. The molecule has 2 N–H and O–H groups in total. The summed E-state index contributed by atoms with van der Waals surface area (Å²) >= 11 is 1.37. The molecule has 0 saturated heterocycles. The number of aliphatic hydroxyl groups excluding tert-OH is 1. The summed E-state index contributed by atoms with van der Waals surface area (Å²) in [5, 5.41) is 14.3. The first-order valence-electron chi connectivity index (χ1n) is 6.35. The molecular formula is C15H17NO3S. The van der Waals surface area contributed by atoms with E-state index in [2.05, 4.69) is 5.32 Å². The Labute approximate surface area is 122 Å². The van der Waals surface area contributed by atoms with Gasteiger partial charge in [-0.15, -0.1) is 11.3 Å². The Kier molecular flexibility index (Phi) is 5.15. The summed E-state index contributed by atoms with van der Waals surface area (Å²) in [7, 11) is 0. The van der Waals surface area contributed by atoms with E-state index in [0.717, 1.165) is 11.3 Å². The van der Waals surface area contributed by atoms with Crippen LogP contribution in [-0.2, 0) is 0 Å². The Bertz CT molecular complexity index is 554. The Balaban J connectivity index is 1.74. The van der Waals surface area contributed by atoms with E-state index in [4.69, 9.17) is 4.74 Å². The highest BCUT2D eigenvalue weighted by atomic mass is 32.1. The maximum Gasteiger partial charge on any atom is 0.261 e. The summed E-state index contributed by atoms with van der Waals surface area (Å²) in [6.45, 7) is 2.26. The van der Waals surface area contributed by atoms with Gasteiger partial charge in [-0.25, -0.2) is 0 Å². The van der Waals surface area contributed by atoms with E-state index < -0.39 is 6.10 Å². The lowest BCUT2D eigenvalue weighted by molar-refractivity contribution is 0.0846. The van der Waals surface area contributed by atoms with Crippen LogP contribution < -0.4 is 10.1 Å². The minimum absolute atomic E-state index is 0.148. The topological polar surface area (TPSA) is 58.6 Å². The zero-order valence-electron chi connectivity index (χ0n) is 11.2. The van der Waals surface area contributed by atoms with Gasteiger partial charge in [-0.1, -0.05) is 24.3 Å². The van der Waals surface area contributed by atoms with Gasteiger partial charge in [-0.05, 0) is 30.0 Å². The fourth-order valence-corrected chi connectivity index (χ4v) is 2.31. The molecule has 0 fully saturated rings. The Morgan fingerprint density at radius 2 is 2.15 bits per heavy atom. The minimum atomic E-state index is -0.737. The molecule has 2 rings (SSSR count). The molecule has 4 nitrogen and oxygen atoms in total. The van der Waals surface area contributed by atoms with Gasteiger partial charge in [0.1, 0.15) is 18.5 Å². The highest BCUT2D eigenvalue weighted by Gasteiger charge is 2.10. The Morgan fingerprint density at radius 1 is 1.35 bits per heavy atom. The maximum absolute atomic E-state index is 11.7. The van der Waals surface area contributed by atoms with Crippen LogP contribution in [0, 0.1) is 6.92 Å². The number of carbonyl (C=O) groups excluding carboxylic acids is 1. The number of carbonyl (C=O) groups is 1.